The molecule has 0 unspecified atom stereocenters. The van der Waals surface area contributed by atoms with Crippen molar-refractivity contribution in [2.24, 2.45) is 5.73 Å². The topological polar surface area (TPSA) is 77.2 Å². The zero-order chi connectivity index (χ0) is 14.0. The number of amides is 1. The molecule has 0 bridgehead atoms. The number of hydrogen-bond acceptors (Lipinski definition) is 3. The summed E-state index contributed by atoms with van der Waals surface area (Å²) >= 11 is 0. The molecule has 0 atom stereocenters. The van der Waals surface area contributed by atoms with Gasteiger partial charge in [-0.25, -0.2) is 8.42 Å². The molecule has 0 aliphatic carbocycles. The summed E-state index contributed by atoms with van der Waals surface area (Å²) in [6.45, 7) is 0. The lowest BCUT2D eigenvalue weighted by Crippen LogP contribution is -2.16. The quantitative estimate of drug-likeness (QED) is 0.928. The largest absolute Gasteiger partial charge is 0.366 e. The molecule has 0 spiro atoms. The van der Waals surface area contributed by atoms with Gasteiger partial charge >= 0.3 is 0 Å². The Balaban J connectivity index is 2.83. The van der Waals surface area contributed by atoms with Crippen LogP contribution in [-0.2, 0) is 9.84 Å². The molecular formula is C14H13NO3S. The van der Waals surface area contributed by atoms with Crippen molar-refractivity contribution in [1.29, 1.82) is 0 Å². The van der Waals surface area contributed by atoms with Crippen molar-refractivity contribution >= 4 is 15.7 Å². The van der Waals surface area contributed by atoms with Crippen LogP contribution in [0, 0.1) is 0 Å². The van der Waals surface area contributed by atoms with Gasteiger partial charge in [-0.05, 0) is 11.6 Å². The monoisotopic (exact) mass is 275 g/mol. The molecule has 98 valence electrons. The Bertz CT molecular complexity index is 722. The van der Waals surface area contributed by atoms with Gasteiger partial charge in [-0.1, -0.05) is 42.5 Å². The number of nitrogens with two attached hydrogens (primary N) is 1. The molecule has 0 saturated carbocycles. The molecule has 2 aromatic rings. The molecule has 0 aliphatic rings. The Labute approximate surface area is 111 Å². The third-order valence-electron chi connectivity index (χ3n) is 2.74. The molecule has 0 saturated heterocycles. The predicted molar refractivity (Wildman–Crippen MR) is 73.5 cm³/mol. The summed E-state index contributed by atoms with van der Waals surface area (Å²) in [5.41, 5.74) is 6.49. The van der Waals surface area contributed by atoms with Gasteiger partial charge in [0.2, 0.25) is 5.91 Å². The summed E-state index contributed by atoms with van der Waals surface area (Å²) < 4.78 is 23.9. The van der Waals surface area contributed by atoms with Crippen LogP contribution in [0.25, 0.3) is 11.1 Å². The summed E-state index contributed by atoms with van der Waals surface area (Å²) in [6, 6.07) is 13.7. The first kappa shape index (κ1) is 13.3. The number of primary amides is 1. The molecule has 19 heavy (non-hydrogen) atoms. The number of carbonyl (C=O) groups excluding carboxylic acids is 1. The number of hydrogen-bond donors (Lipinski definition) is 1. The van der Waals surface area contributed by atoms with Crippen LogP contribution in [0.4, 0.5) is 0 Å². The minimum atomic E-state index is -3.56. The standard InChI is InChI=1S/C14H13NO3S/c1-19(17,18)13-11(10-6-3-2-4-7-10)8-5-9-12(13)14(15)16/h2-9H,1H3,(H2,15,16). The van der Waals surface area contributed by atoms with Gasteiger partial charge in [0.25, 0.3) is 0 Å². The Morgan fingerprint density at radius 1 is 1.00 bits per heavy atom. The molecule has 0 aromatic heterocycles. The first-order valence-electron chi connectivity index (χ1n) is 5.59. The zero-order valence-electron chi connectivity index (χ0n) is 10.3. The van der Waals surface area contributed by atoms with E-state index in [1.165, 1.54) is 6.07 Å². The molecular weight excluding hydrogens is 262 g/mol. The number of sulfone groups is 1. The van der Waals surface area contributed by atoms with Crippen LogP contribution in [0.2, 0.25) is 0 Å². The van der Waals surface area contributed by atoms with Gasteiger partial charge in [-0.3, -0.25) is 4.79 Å². The predicted octanol–water partition coefficient (Wildman–Crippen LogP) is 1.86. The van der Waals surface area contributed by atoms with E-state index < -0.39 is 15.7 Å². The SMILES string of the molecule is CS(=O)(=O)c1c(C(N)=O)cccc1-c1ccccc1. The summed E-state index contributed by atoms with van der Waals surface area (Å²) in [5, 5.41) is 0. The van der Waals surface area contributed by atoms with Crippen molar-refractivity contribution in [3.63, 3.8) is 0 Å². The second-order valence-electron chi connectivity index (χ2n) is 4.18. The van der Waals surface area contributed by atoms with Crippen LogP contribution >= 0.6 is 0 Å². The highest BCUT2D eigenvalue weighted by molar-refractivity contribution is 7.91. The summed E-state index contributed by atoms with van der Waals surface area (Å²) in [5.74, 6) is -0.752. The lowest BCUT2D eigenvalue weighted by atomic mass is 10.0. The second-order valence-corrected chi connectivity index (χ2v) is 6.14. The first-order chi connectivity index (χ1) is 8.91. The maximum absolute atomic E-state index is 11.9. The van der Waals surface area contributed by atoms with E-state index in [0.717, 1.165) is 11.8 Å². The average molecular weight is 275 g/mol. The van der Waals surface area contributed by atoms with E-state index in [-0.39, 0.29) is 10.5 Å². The van der Waals surface area contributed by atoms with Crippen molar-refractivity contribution in [2.45, 2.75) is 4.90 Å². The van der Waals surface area contributed by atoms with E-state index in [9.17, 15) is 13.2 Å². The molecule has 1 amide bonds. The smallest absolute Gasteiger partial charge is 0.250 e. The fourth-order valence-corrected chi connectivity index (χ4v) is 3.13. The van der Waals surface area contributed by atoms with Crippen LogP contribution in [-0.4, -0.2) is 20.6 Å². The normalized spacial score (nSPS) is 11.2. The van der Waals surface area contributed by atoms with E-state index >= 15 is 0 Å². The van der Waals surface area contributed by atoms with Gasteiger partial charge in [-0.2, -0.15) is 0 Å². The third-order valence-corrected chi connectivity index (χ3v) is 3.92. The molecule has 0 radical (unpaired) electrons. The van der Waals surface area contributed by atoms with E-state index in [2.05, 4.69) is 0 Å². The minimum absolute atomic E-state index is 0.0175. The fraction of sp³-hybridized carbons (Fsp3) is 0.0714. The van der Waals surface area contributed by atoms with Crippen molar-refractivity contribution < 1.29 is 13.2 Å². The Morgan fingerprint density at radius 2 is 1.63 bits per heavy atom. The molecule has 2 aromatic carbocycles. The van der Waals surface area contributed by atoms with Crippen molar-refractivity contribution in [3.05, 3.63) is 54.1 Å². The highest BCUT2D eigenvalue weighted by Crippen LogP contribution is 2.29. The summed E-state index contributed by atoms with van der Waals surface area (Å²) in [7, 11) is -3.56. The first-order valence-corrected chi connectivity index (χ1v) is 7.48. The van der Waals surface area contributed by atoms with Crippen LogP contribution in [0.1, 0.15) is 10.4 Å². The molecule has 0 fully saturated rings. The van der Waals surface area contributed by atoms with E-state index in [0.29, 0.717) is 5.56 Å². The van der Waals surface area contributed by atoms with Gasteiger partial charge in [0.05, 0.1) is 10.5 Å². The van der Waals surface area contributed by atoms with E-state index in [1.807, 2.05) is 6.07 Å². The van der Waals surface area contributed by atoms with E-state index in [4.69, 9.17) is 5.73 Å². The summed E-state index contributed by atoms with van der Waals surface area (Å²) in [4.78, 5) is 11.4. The molecule has 0 aliphatic heterocycles. The minimum Gasteiger partial charge on any atom is -0.366 e. The molecule has 0 heterocycles. The second kappa shape index (κ2) is 4.85. The van der Waals surface area contributed by atoms with Crippen molar-refractivity contribution in [2.75, 3.05) is 6.26 Å². The molecule has 2 N–H and O–H groups in total. The van der Waals surface area contributed by atoms with Crippen molar-refractivity contribution in [3.8, 4) is 11.1 Å². The van der Waals surface area contributed by atoms with Crippen LogP contribution < -0.4 is 5.73 Å². The van der Waals surface area contributed by atoms with Gasteiger partial charge in [0, 0.05) is 11.8 Å². The van der Waals surface area contributed by atoms with Crippen LogP contribution in [0.15, 0.2) is 53.4 Å². The van der Waals surface area contributed by atoms with Crippen LogP contribution in [0.3, 0.4) is 0 Å². The van der Waals surface area contributed by atoms with Gasteiger partial charge in [0.15, 0.2) is 9.84 Å². The highest BCUT2D eigenvalue weighted by Gasteiger charge is 2.21. The molecule has 2 rings (SSSR count). The Morgan fingerprint density at radius 3 is 2.16 bits per heavy atom. The molecule has 5 heteroatoms. The zero-order valence-corrected chi connectivity index (χ0v) is 11.1. The van der Waals surface area contributed by atoms with Gasteiger partial charge in [-0.15, -0.1) is 0 Å². The van der Waals surface area contributed by atoms with E-state index in [1.54, 1.807) is 36.4 Å². The average Bonchev–Trinajstić information content (AvgIpc) is 2.38. The molecule has 4 nitrogen and oxygen atoms in total. The van der Waals surface area contributed by atoms with Crippen molar-refractivity contribution in [1.82, 2.24) is 0 Å². The number of rotatable bonds is 3. The van der Waals surface area contributed by atoms with Crippen LogP contribution in [0.5, 0.6) is 0 Å². The Hall–Kier alpha value is -2.14. The lowest BCUT2D eigenvalue weighted by Gasteiger charge is -2.11. The van der Waals surface area contributed by atoms with Gasteiger partial charge in [0.1, 0.15) is 0 Å². The fourth-order valence-electron chi connectivity index (χ4n) is 1.98. The number of benzene rings is 2. The third kappa shape index (κ3) is 2.66. The summed E-state index contributed by atoms with van der Waals surface area (Å²) in [6.07, 6.45) is 1.07. The Kier molecular flexibility index (Phi) is 3.40. The lowest BCUT2D eigenvalue weighted by molar-refractivity contribution is 0.0997. The maximum Gasteiger partial charge on any atom is 0.250 e. The van der Waals surface area contributed by atoms with Gasteiger partial charge < -0.3 is 5.73 Å². The number of carbonyl (C=O) groups is 1. The maximum atomic E-state index is 11.9. The highest BCUT2D eigenvalue weighted by atomic mass is 32.2.